The number of nitrogens with one attached hydrogen (secondary N) is 2. The van der Waals surface area contributed by atoms with Crippen LogP contribution in [0.1, 0.15) is 10.4 Å². The largest absolute Gasteiger partial charge is 0.394 e. The second-order valence-electron chi connectivity index (χ2n) is 6.12. The number of rotatable bonds is 8. The van der Waals surface area contributed by atoms with E-state index in [-0.39, 0.29) is 19.1 Å². The Morgan fingerprint density at radius 3 is 2.93 bits per heavy atom. The van der Waals surface area contributed by atoms with Gasteiger partial charge in [-0.3, -0.25) is 4.79 Å². The smallest absolute Gasteiger partial charge is 0.251 e. The fourth-order valence-electron chi connectivity index (χ4n) is 2.78. The molecule has 0 atom stereocenters. The van der Waals surface area contributed by atoms with Crippen molar-refractivity contribution >= 4 is 49.8 Å². The summed E-state index contributed by atoms with van der Waals surface area (Å²) >= 11 is 1.39. The molecule has 0 saturated carbocycles. The van der Waals surface area contributed by atoms with E-state index in [9.17, 15) is 4.79 Å². The van der Waals surface area contributed by atoms with Crippen molar-refractivity contribution in [1.29, 1.82) is 0 Å². The summed E-state index contributed by atoms with van der Waals surface area (Å²) in [6.07, 6.45) is 3.23. The van der Waals surface area contributed by atoms with E-state index in [2.05, 4.69) is 30.6 Å². The summed E-state index contributed by atoms with van der Waals surface area (Å²) in [5.41, 5.74) is 2.67. The Kier molecular flexibility index (Phi) is 5.60. The Labute approximate surface area is 169 Å². The quantitative estimate of drug-likeness (QED) is 0.371. The van der Waals surface area contributed by atoms with Crippen LogP contribution < -0.4 is 10.6 Å². The van der Waals surface area contributed by atoms with Gasteiger partial charge in [0.05, 0.1) is 30.9 Å². The molecular weight excluding hydrogens is 394 g/mol. The zero-order valence-electron chi connectivity index (χ0n) is 15.6. The lowest BCUT2D eigenvalue weighted by molar-refractivity contribution is 0.0838. The molecular formula is C18H19N7O3S. The lowest BCUT2D eigenvalue weighted by atomic mass is 10.2. The van der Waals surface area contributed by atoms with E-state index in [1.165, 1.54) is 11.3 Å². The molecule has 1 amide bonds. The number of benzene rings is 1. The first-order chi connectivity index (χ1) is 14.2. The number of carbonyl (C=O) groups is 1. The average molecular weight is 413 g/mol. The zero-order chi connectivity index (χ0) is 20.2. The summed E-state index contributed by atoms with van der Waals surface area (Å²) < 4.78 is 7.03. The Bertz CT molecular complexity index is 1120. The van der Waals surface area contributed by atoms with E-state index in [4.69, 9.17) is 9.84 Å². The van der Waals surface area contributed by atoms with Gasteiger partial charge in [-0.25, -0.2) is 15.0 Å². The maximum Gasteiger partial charge on any atom is 0.251 e. The third-order valence-corrected chi connectivity index (χ3v) is 5.04. The van der Waals surface area contributed by atoms with Gasteiger partial charge in [-0.15, -0.1) is 0 Å². The van der Waals surface area contributed by atoms with Crippen LogP contribution in [0.5, 0.6) is 0 Å². The van der Waals surface area contributed by atoms with Crippen LogP contribution in [0.4, 0.5) is 11.1 Å². The number of aromatic nitrogens is 5. The number of nitrogens with zero attached hydrogens (tertiary/aromatic N) is 5. The number of carbonyl (C=O) groups excluding carboxylic acids is 1. The van der Waals surface area contributed by atoms with Crippen molar-refractivity contribution in [2.24, 2.45) is 7.05 Å². The van der Waals surface area contributed by atoms with E-state index in [0.717, 1.165) is 10.3 Å². The summed E-state index contributed by atoms with van der Waals surface area (Å²) in [5.74, 6) is 0.400. The number of ether oxygens (including phenoxy) is 1. The number of imidazole rings is 1. The number of hydrogen-bond donors (Lipinski definition) is 3. The van der Waals surface area contributed by atoms with Crippen molar-refractivity contribution in [1.82, 2.24) is 29.8 Å². The van der Waals surface area contributed by atoms with Crippen molar-refractivity contribution in [3.8, 4) is 0 Å². The van der Waals surface area contributed by atoms with Gasteiger partial charge in [-0.1, -0.05) is 11.3 Å². The molecule has 0 aliphatic rings. The predicted octanol–water partition coefficient (Wildman–Crippen LogP) is 1.46. The number of aryl methyl sites for hydroxylation is 1. The first-order valence-corrected chi connectivity index (χ1v) is 9.75. The molecule has 4 aromatic rings. The fourth-order valence-corrected chi connectivity index (χ4v) is 3.55. The lowest BCUT2D eigenvalue weighted by Crippen LogP contribution is -2.27. The second kappa shape index (κ2) is 8.47. The minimum absolute atomic E-state index is 0.0370. The van der Waals surface area contributed by atoms with Crippen molar-refractivity contribution in [3.63, 3.8) is 0 Å². The number of aliphatic hydroxyl groups is 1. The molecule has 3 aromatic heterocycles. The molecule has 0 radical (unpaired) electrons. The number of thiazole rings is 1. The summed E-state index contributed by atoms with van der Waals surface area (Å²) in [6, 6.07) is 5.35. The molecule has 0 aliphatic carbocycles. The SMILES string of the molecule is Cn1c(Nc2nc3nccnc3s2)nc2cc(C(=O)NCCOCCO)ccc21. The molecule has 0 unspecified atom stereocenters. The van der Waals surface area contributed by atoms with Crippen molar-refractivity contribution in [3.05, 3.63) is 36.2 Å². The number of fused-ring (bicyclic) bond motifs is 2. The zero-order valence-corrected chi connectivity index (χ0v) is 16.4. The van der Waals surface area contributed by atoms with E-state index >= 15 is 0 Å². The van der Waals surface area contributed by atoms with Gasteiger partial charge in [-0.2, -0.15) is 4.98 Å². The molecule has 3 N–H and O–H groups in total. The molecule has 3 heterocycles. The summed E-state index contributed by atoms with van der Waals surface area (Å²) in [4.78, 5) is 30.5. The lowest BCUT2D eigenvalue weighted by Gasteiger charge is -2.06. The van der Waals surface area contributed by atoms with Gasteiger partial charge < -0.3 is 25.0 Å². The molecule has 1 aromatic carbocycles. The van der Waals surface area contributed by atoms with Gasteiger partial charge >= 0.3 is 0 Å². The highest BCUT2D eigenvalue weighted by Gasteiger charge is 2.13. The van der Waals surface area contributed by atoms with E-state index in [1.54, 1.807) is 24.5 Å². The highest BCUT2D eigenvalue weighted by atomic mass is 32.1. The van der Waals surface area contributed by atoms with Crippen LogP contribution in [-0.2, 0) is 11.8 Å². The second-order valence-corrected chi connectivity index (χ2v) is 7.10. The van der Waals surface area contributed by atoms with Crippen LogP contribution in [0.2, 0.25) is 0 Å². The first-order valence-electron chi connectivity index (χ1n) is 8.93. The van der Waals surface area contributed by atoms with E-state index < -0.39 is 0 Å². The number of amides is 1. The molecule has 0 aliphatic heterocycles. The van der Waals surface area contributed by atoms with Gasteiger partial charge in [0.25, 0.3) is 5.91 Å². The molecule has 150 valence electrons. The minimum Gasteiger partial charge on any atom is -0.394 e. The van der Waals surface area contributed by atoms with Crippen LogP contribution in [-0.4, -0.2) is 61.9 Å². The monoisotopic (exact) mass is 413 g/mol. The molecule has 10 nitrogen and oxygen atoms in total. The molecule has 0 spiro atoms. The fraction of sp³-hybridized carbons (Fsp3) is 0.278. The Hall–Kier alpha value is -3.15. The third kappa shape index (κ3) is 4.16. The maximum atomic E-state index is 12.3. The number of aliphatic hydroxyl groups excluding tert-OH is 1. The molecule has 11 heteroatoms. The Balaban J connectivity index is 1.50. The normalized spacial score (nSPS) is 11.2. The predicted molar refractivity (Wildman–Crippen MR) is 109 cm³/mol. The number of hydrogen-bond acceptors (Lipinski definition) is 9. The van der Waals surface area contributed by atoms with Crippen LogP contribution in [0, 0.1) is 0 Å². The molecule has 29 heavy (non-hydrogen) atoms. The molecule has 4 rings (SSSR count). The maximum absolute atomic E-state index is 12.3. The van der Waals surface area contributed by atoms with Crippen LogP contribution in [0.3, 0.4) is 0 Å². The molecule has 0 saturated heterocycles. The minimum atomic E-state index is -0.206. The van der Waals surface area contributed by atoms with E-state index in [0.29, 0.717) is 41.0 Å². The highest BCUT2D eigenvalue weighted by molar-refractivity contribution is 7.21. The Morgan fingerprint density at radius 1 is 1.24 bits per heavy atom. The van der Waals surface area contributed by atoms with Crippen molar-refractivity contribution in [2.75, 3.05) is 31.7 Å². The van der Waals surface area contributed by atoms with Crippen LogP contribution >= 0.6 is 11.3 Å². The summed E-state index contributed by atoms with van der Waals surface area (Å²) in [7, 11) is 1.89. The highest BCUT2D eigenvalue weighted by Crippen LogP contribution is 2.27. The molecule has 0 fully saturated rings. The van der Waals surface area contributed by atoms with Crippen LogP contribution in [0.25, 0.3) is 21.5 Å². The standard InChI is InChI=1S/C18H19N7O3S/c1-25-13-3-2-11(15(27)20-6-8-28-9-7-26)10-12(13)22-17(25)24-18-23-14-16(29-18)21-5-4-19-14/h2-5,10,26H,6-9H2,1H3,(H,20,27)(H,19,22,23,24). The Morgan fingerprint density at radius 2 is 2.10 bits per heavy atom. The summed E-state index contributed by atoms with van der Waals surface area (Å²) in [5, 5.41) is 15.3. The van der Waals surface area contributed by atoms with Crippen molar-refractivity contribution in [2.45, 2.75) is 0 Å². The number of anilines is 2. The van der Waals surface area contributed by atoms with Gasteiger partial charge in [0.1, 0.15) is 0 Å². The first kappa shape index (κ1) is 19.2. The van der Waals surface area contributed by atoms with Gasteiger partial charge in [0, 0.05) is 31.5 Å². The van der Waals surface area contributed by atoms with Gasteiger partial charge in [0.2, 0.25) is 5.95 Å². The van der Waals surface area contributed by atoms with Gasteiger partial charge in [0.15, 0.2) is 15.6 Å². The summed E-state index contributed by atoms with van der Waals surface area (Å²) in [6.45, 7) is 0.931. The van der Waals surface area contributed by atoms with E-state index in [1.807, 2.05) is 17.7 Å². The van der Waals surface area contributed by atoms with Crippen molar-refractivity contribution < 1.29 is 14.6 Å². The topological polar surface area (TPSA) is 127 Å². The molecule has 0 bridgehead atoms. The van der Waals surface area contributed by atoms with Gasteiger partial charge in [-0.05, 0) is 18.2 Å². The van der Waals surface area contributed by atoms with Crippen LogP contribution in [0.15, 0.2) is 30.6 Å². The third-order valence-electron chi connectivity index (χ3n) is 4.18. The average Bonchev–Trinajstić information content (AvgIpc) is 3.28.